The van der Waals surface area contributed by atoms with E-state index in [9.17, 15) is 0 Å². The van der Waals surface area contributed by atoms with Crippen molar-refractivity contribution in [3.05, 3.63) is 18.5 Å². The highest BCUT2D eigenvalue weighted by Crippen LogP contribution is 2.29. The second-order valence-corrected chi connectivity index (χ2v) is 5.88. The average molecular weight is 261 g/mol. The van der Waals surface area contributed by atoms with E-state index in [2.05, 4.69) is 42.2 Å². The third-order valence-electron chi connectivity index (χ3n) is 4.24. The molecule has 1 aliphatic carbocycles. The van der Waals surface area contributed by atoms with Gasteiger partial charge in [-0.3, -0.25) is 4.98 Å². The van der Waals surface area contributed by atoms with Crippen LogP contribution in [0.25, 0.3) is 0 Å². The Morgan fingerprint density at radius 3 is 2.68 bits per heavy atom. The number of hydrogen-bond acceptors (Lipinski definition) is 3. The van der Waals surface area contributed by atoms with Gasteiger partial charge >= 0.3 is 0 Å². The lowest BCUT2D eigenvalue weighted by molar-refractivity contribution is 0.340. The molecule has 0 bridgehead atoms. The van der Waals surface area contributed by atoms with E-state index in [4.69, 9.17) is 0 Å². The van der Waals surface area contributed by atoms with E-state index in [0.29, 0.717) is 6.04 Å². The highest BCUT2D eigenvalue weighted by molar-refractivity contribution is 5.55. The van der Waals surface area contributed by atoms with Crippen LogP contribution in [-0.4, -0.2) is 24.6 Å². The lowest BCUT2D eigenvalue weighted by atomic mass is 9.86. The molecule has 1 aromatic heterocycles. The highest BCUT2D eigenvalue weighted by Gasteiger charge is 2.22. The SMILES string of the molecule is CCCNc1cncc(N(C)C2CCC(C)CC2)c1. The minimum absolute atomic E-state index is 0.680. The quantitative estimate of drug-likeness (QED) is 0.870. The van der Waals surface area contributed by atoms with Crippen LogP contribution in [0, 0.1) is 5.92 Å². The third-order valence-corrected chi connectivity index (χ3v) is 4.24. The first kappa shape index (κ1) is 14.2. The molecule has 3 heteroatoms. The summed E-state index contributed by atoms with van der Waals surface area (Å²) in [5.41, 5.74) is 2.37. The van der Waals surface area contributed by atoms with Gasteiger partial charge in [0.05, 0.1) is 23.8 Å². The Kier molecular flexibility index (Phi) is 5.06. The van der Waals surface area contributed by atoms with Crippen LogP contribution in [0.15, 0.2) is 18.5 Å². The zero-order valence-electron chi connectivity index (χ0n) is 12.5. The predicted octanol–water partition coefficient (Wildman–Crippen LogP) is 3.92. The largest absolute Gasteiger partial charge is 0.384 e. The van der Waals surface area contributed by atoms with Gasteiger partial charge in [-0.2, -0.15) is 0 Å². The van der Waals surface area contributed by atoms with Gasteiger partial charge in [0.15, 0.2) is 0 Å². The molecule has 1 saturated carbocycles. The van der Waals surface area contributed by atoms with Crippen LogP contribution in [0.2, 0.25) is 0 Å². The van der Waals surface area contributed by atoms with Gasteiger partial charge in [0.1, 0.15) is 0 Å². The summed E-state index contributed by atoms with van der Waals surface area (Å²) in [7, 11) is 2.21. The number of anilines is 2. The molecule has 0 unspecified atom stereocenters. The Hall–Kier alpha value is -1.25. The van der Waals surface area contributed by atoms with Gasteiger partial charge < -0.3 is 10.2 Å². The Labute approximate surface area is 117 Å². The van der Waals surface area contributed by atoms with Crippen molar-refractivity contribution in [1.29, 1.82) is 0 Å². The number of pyridine rings is 1. The average Bonchev–Trinajstić information content (AvgIpc) is 2.45. The molecule has 0 amide bonds. The van der Waals surface area contributed by atoms with Crippen molar-refractivity contribution in [3.8, 4) is 0 Å². The van der Waals surface area contributed by atoms with Gasteiger partial charge in [0.2, 0.25) is 0 Å². The summed E-state index contributed by atoms with van der Waals surface area (Å²) >= 11 is 0. The highest BCUT2D eigenvalue weighted by atomic mass is 15.1. The Bertz CT molecular complexity index is 383. The summed E-state index contributed by atoms with van der Waals surface area (Å²) in [5.74, 6) is 0.903. The first-order chi connectivity index (χ1) is 9.20. The van der Waals surface area contributed by atoms with Gasteiger partial charge in [-0.1, -0.05) is 13.8 Å². The topological polar surface area (TPSA) is 28.2 Å². The molecule has 1 fully saturated rings. The fraction of sp³-hybridized carbons (Fsp3) is 0.688. The number of aromatic nitrogens is 1. The normalized spacial score (nSPS) is 23.1. The molecule has 1 aromatic rings. The molecule has 0 spiro atoms. The number of rotatable bonds is 5. The van der Waals surface area contributed by atoms with Gasteiger partial charge in [-0.15, -0.1) is 0 Å². The zero-order valence-corrected chi connectivity index (χ0v) is 12.5. The summed E-state index contributed by atoms with van der Waals surface area (Å²) in [6, 6.07) is 2.90. The molecule has 3 nitrogen and oxygen atoms in total. The van der Waals surface area contributed by atoms with Crippen LogP contribution < -0.4 is 10.2 Å². The fourth-order valence-corrected chi connectivity index (χ4v) is 2.83. The van der Waals surface area contributed by atoms with E-state index in [1.807, 2.05) is 12.4 Å². The molecule has 0 saturated heterocycles. The second-order valence-electron chi connectivity index (χ2n) is 5.88. The van der Waals surface area contributed by atoms with Crippen molar-refractivity contribution in [2.24, 2.45) is 5.92 Å². The molecule has 1 aliphatic rings. The molecule has 1 N–H and O–H groups in total. The molecule has 2 rings (SSSR count). The lowest BCUT2D eigenvalue weighted by Gasteiger charge is -2.35. The van der Waals surface area contributed by atoms with Gasteiger partial charge in [0.25, 0.3) is 0 Å². The van der Waals surface area contributed by atoms with E-state index in [0.717, 1.165) is 24.6 Å². The molecule has 0 aliphatic heterocycles. The molecule has 0 aromatic carbocycles. The van der Waals surface area contributed by atoms with E-state index in [-0.39, 0.29) is 0 Å². The van der Waals surface area contributed by atoms with E-state index in [1.54, 1.807) is 0 Å². The first-order valence-electron chi connectivity index (χ1n) is 7.62. The zero-order chi connectivity index (χ0) is 13.7. The van der Waals surface area contributed by atoms with E-state index < -0.39 is 0 Å². The van der Waals surface area contributed by atoms with Gasteiger partial charge in [0, 0.05) is 19.6 Å². The maximum absolute atomic E-state index is 4.36. The minimum Gasteiger partial charge on any atom is -0.384 e. The van der Waals surface area contributed by atoms with Crippen LogP contribution >= 0.6 is 0 Å². The second kappa shape index (κ2) is 6.78. The van der Waals surface area contributed by atoms with Crippen molar-refractivity contribution in [2.75, 3.05) is 23.8 Å². The van der Waals surface area contributed by atoms with Gasteiger partial charge in [-0.25, -0.2) is 0 Å². The van der Waals surface area contributed by atoms with Crippen molar-refractivity contribution in [1.82, 2.24) is 4.98 Å². The standard InChI is InChI=1S/C16H27N3/c1-4-9-18-14-10-16(12-17-11-14)19(3)15-7-5-13(2)6-8-15/h10-13,15,18H,4-9H2,1-3H3. The Morgan fingerprint density at radius 1 is 1.26 bits per heavy atom. The van der Waals surface area contributed by atoms with Crippen LogP contribution in [0.5, 0.6) is 0 Å². The lowest BCUT2D eigenvalue weighted by Crippen LogP contribution is -2.34. The van der Waals surface area contributed by atoms with Crippen molar-refractivity contribution in [2.45, 2.75) is 52.0 Å². The van der Waals surface area contributed by atoms with E-state index >= 15 is 0 Å². The molecule has 0 radical (unpaired) electrons. The molecule has 0 atom stereocenters. The number of hydrogen-bond donors (Lipinski definition) is 1. The van der Waals surface area contributed by atoms with Crippen molar-refractivity contribution >= 4 is 11.4 Å². The molecule has 1 heterocycles. The number of nitrogens with zero attached hydrogens (tertiary/aromatic N) is 2. The summed E-state index contributed by atoms with van der Waals surface area (Å²) in [6.45, 7) is 5.56. The maximum atomic E-state index is 4.36. The van der Waals surface area contributed by atoms with Crippen molar-refractivity contribution in [3.63, 3.8) is 0 Å². The maximum Gasteiger partial charge on any atom is 0.0573 e. The van der Waals surface area contributed by atoms with Crippen molar-refractivity contribution < 1.29 is 0 Å². The number of nitrogens with one attached hydrogen (secondary N) is 1. The summed E-state index contributed by atoms with van der Waals surface area (Å²) in [4.78, 5) is 6.78. The molecule has 19 heavy (non-hydrogen) atoms. The molecular formula is C16H27N3. The van der Waals surface area contributed by atoms with E-state index in [1.165, 1.54) is 31.4 Å². The summed E-state index contributed by atoms with van der Waals surface area (Å²) in [6.07, 6.45) is 10.4. The first-order valence-corrected chi connectivity index (χ1v) is 7.62. The Balaban J connectivity index is 1.99. The predicted molar refractivity (Wildman–Crippen MR) is 82.8 cm³/mol. The summed E-state index contributed by atoms with van der Waals surface area (Å²) in [5, 5.41) is 3.41. The molecular weight excluding hydrogens is 234 g/mol. The minimum atomic E-state index is 0.680. The Morgan fingerprint density at radius 2 is 2.00 bits per heavy atom. The van der Waals surface area contributed by atoms with Crippen LogP contribution in [-0.2, 0) is 0 Å². The van der Waals surface area contributed by atoms with Crippen LogP contribution in [0.4, 0.5) is 11.4 Å². The smallest absolute Gasteiger partial charge is 0.0573 e. The van der Waals surface area contributed by atoms with Crippen LogP contribution in [0.1, 0.15) is 46.0 Å². The third kappa shape index (κ3) is 3.85. The monoisotopic (exact) mass is 261 g/mol. The summed E-state index contributed by atoms with van der Waals surface area (Å²) < 4.78 is 0. The van der Waals surface area contributed by atoms with Crippen LogP contribution in [0.3, 0.4) is 0 Å². The van der Waals surface area contributed by atoms with Gasteiger partial charge in [-0.05, 0) is 44.1 Å². The molecule has 106 valence electrons. The fourth-order valence-electron chi connectivity index (χ4n) is 2.83.